The molecule has 0 spiro atoms. The summed E-state index contributed by atoms with van der Waals surface area (Å²) >= 11 is 0. The van der Waals surface area contributed by atoms with Gasteiger partial charge >= 0.3 is 6.18 Å². The molecule has 8 heteroatoms. The van der Waals surface area contributed by atoms with Crippen LogP contribution in [0.1, 0.15) is 25.7 Å². The number of terminal acetylenes is 1. The van der Waals surface area contributed by atoms with Crippen LogP contribution < -0.4 is 10.7 Å². The van der Waals surface area contributed by atoms with E-state index >= 15 is 0 Å². The third-order valence-electron chi connectivity index (χ3n) is 3.62. The molecule has 4 unspecified atom stereocenters. The smallest absolute Gasteiger partial charge is 0.351 e. The number of hydrogen-bond acceptors (Lipinski definition) is 5. The van der Waals surface area contributed by atoms with Gasteiger partial charge in [0.1, 0.15) is 31.3 Å². The minimum Gasteiger partial charge on any atom is -0.351 e. The average molecular weight is 307 g/mol. The fourth-order valence-electron chi connectivity index (χ4n) is 2.53. The van der Waals surface area contributed by atoms with E-state index in [1.54, 1.807) is 7.05 Å². The molecule has 5 nitrogen and oxygen atoms in total. The maximum Gasteiger partial charge on any atom is 0.405 e. The first-order valence-corrected chi connectivity index (χ1v) is 6.92. The lowest BCUT2D eigenvalue weighted by molar-refractivity contribution is -0.156. The third kappa shape index (κ3) is 4.56. The van der Waals surface area contributed by atoms with Crippen LogP contribution in [-0.2, 0) is 9.47 Å². The maximum atomic E-state index is 12.7. The summed E-state index contributed by atoms with van der Waals surface area (Å²) in [7, 11) is 1.55. The minimum atomic E-state index is -4.27. The molecule has 2 aliphatic heterocycles. The van der Waals surface area contributed by atoms with Crippen molar-refractivity contribution in [2.45, 2.75) is 56.6 Å². The van der Waals surface area contributed by atoms with E-state index in [1.165, 1.54) is 5.01 Å². The number of rotatable bonds is 4. The predicted octanol–water partition coefficient (Wildman–Crippen LogP) is 1.18. The molecular formula is C13H20F3N3O2. The molecule has 2 saturated heterocycles. The molecule has 0 aliphatic carbocycles. The zero-order valence-corrected chi connectivity index (χ0v) is 11.8. The van der Waals surface area contributed by atoms with E-state index in [0.29, 0.717) is 0 Å². The van der Waals surface area contributed by atoms with Crippen LogP contribution in [0, 0.1) is 12.3 Å². The molecule has 2 fully saturated rings. The summed E-state index contributed by atoms with van der Waals surface area (Å²) in [5.74, 6) is 2.39. The Bertz CT molecular complexity index is 386. The van der Waals surface area contributed by atoms with Gasteiger partial charge in [-0.3, -0.25) is 5.32 Å². The summed E-state index contributed by atoms with van der Waals surface area (Å²) in [4.78, 5) is 0. The van der Waals surface area contributed by atoms with Gasteiger partial charge in [-0.1, -0.05) is 5.92 Å². The molecule has 4 atom stereocenters. The zero-order chi connectivity index (χ0) is 15.5. The molecule has 2 heterocycles. The zero-order valence-electron chi connectivity index (χ0n) is 11.8. The van der Waals surface area contributed by atoms with Crippen LogP contribution in [0.5, 0.6) is 0 Å². The standard InChI is InChI=1S/C13H20F3N3O2/c1-3-7-20-10-5-4-6-11(17-10)21-12-8-9(13(14,15)16)18-19(12)2/h1,9-12,17-18H,4-8H2,2H3. The molecular weight excluding hydrogens is 287 g/mol. The quantitative estimate of drug-likeness (QED) is 0.764. The molecule has 2 aliphatic rings. The Labute approximate surface area is 122 Å². The topological polar surface area (TPSA) is 45.8 Å². The number of alkyl halides is 3. The second-order valence-corrected chi connectivity index (χ2v) is 5.25. The SMILES string of the molecule is C#CCOC1CCCC(OC2CC(C(F)(F)F)NN2C)N1. The fraction of sp³-hybridized carbons (Fsp3) is 0.846. The molecule has 0 amide bonds. The Kier molecular flexibility index (Phi) is 5.46. The highest BCUT2D eigenvalue weighted by atomic mass is 19.4. The lowest BCUT2D eigenvalue weighted by atomic mass is 10.1. The molecule has 0 saturated carbocycles. The van der Waals surface area contributed by atoms with Crippen molar-refractivity contribution in [1.82, 2.24) is 15.8 Å². The van der Waals surface area contributed by atoms with E-state index in [1.807, 2.05) is 0 Å². The molecule has 2 rings (SSSR count). The number of piperidine rings is 1. The van der Waals surface area contributed by atoms with Gasteiger partial charge in [0, 0.05) is 13.5 Å². The van der Waals surface area contributed by atoms with E-state index < -0.39 is 18.4 Å². The Morgan fingerprint density at radius 1 is 1.33 bits per heavy atom. The molecule has 0 radical (unpaired) electrons. The van der Waals surface area contributed by atoms with Gasteiger partial charge in [0.25, 0.3) is 0 Å². The van der Waals surface area contributed by atoms with E-state index in [9.17, 15) is 13.2 Å². The van der Waals surface area contributed by atoms with Crippen LogP contribution in [0.15, 0.2) is 0 Å². The van der Waals surface area contributed by atoms with Crippen molar-refractivity contribution in [3.63, 3.8) is 0 Å². The van der Waals surface area contributed by atoms with E-state index in [2.05, 4.69) is 16.7 Å². The van der Waals surface area contributed by atoms with E-state index in [-0.39, 0.29) is 25.5 Å². The molecule has 2 N–H and O–H groups in total. The molecule has 0 aromatic carbocycles. The normalized spacial score (nSPS) is 34.8. The second-order valence-electron chi connectivity index (χ2n) is 5.25. The number of nitrogens with one attached hydrogen (secondary N) is 2. The van der Waals surface area contributed by atoms with E-state index in [4.69, 9.17) is 15.9 Å². The highest BCUT2D eigenvalue weighted by Crippen LogP contribution is 2.30. The van der Waals surface area contributed by atoms with Crippen LogP contribution >= 0.6 is 0 Å². The van der Waals surface area contributed by atoms with Crippen LogP contribution in [0.4, 0.5) is 13.2 Å². The first kappa shape index (κ1) is 16.5. The fourth-order valence-corrected chi connectivity index (χ4v) is 2.53. The van der Waals surface area contributed by atoms with Crippen molar-refractivity contribution in [2.75, 3.05) is 13.7 Å². The van der Waals surface area contributed by atoms with Crippen molar-refractivity contribution >= 4 is 0 Å². The number of ether oxygens (including phenoxy) is 2. The van der Waals surface area contributed by atoms with Gasteiger partial charge in [-0.05, 0) is 19.3 Å². The van der Waals surface area contributed by atoms with E-state index in [0.717, 1.165) is 19.3 Å². The highest BCUT2D eigenvalue weighted by molar-refractivity contribution is 4.85. The lowest BCUT2D eigenvalue weighted by Gasteiger charge is -2.33. The Balaban J connectivity index is 1.83. The molecule has 21 heavy (non-hydrogen) atoms. The monoisotopic (exact) mass is 307 g/mol. The van der Waals surface area contributed by atoms with Crippen molar-refractivity contribution in [3.05, 3.63) is 0 Å². The molecule has 0 aromatic rings. The summed E-state index contributed by atoms with van der Waals surface area (Å²) in [5, 5.41) is 4.48. The van der Waals surface area contributed by atoms with Crippen LogP contribution in [0.3, 0.4) is 0 Å². The first-order valence-electron chi connectivity index (χ1n) is 6.92. The van der Waals surface area contributed by atoms with Gasteiger partial charge in [0.05, 0.1) is 0 Å². The maximum absolute atomic E-state index is 12.7. The lowest BCUT2D eigenvalue weighted by Crippen LogP contribution is -2.49. The van der Waals surface area contributed by atoms with Gasteiger partial charge in [-0.15, -0.1) is 6.42 Å². The van der Waals surface area contributed by atoms with Crippen molar-refractivity contribution in [1.29, 1.82) is 0 Å². The largest absolute Gasteiger partial charge is 0.405 e. The Morgan fingerprint density at radius 3 is 2.67 bits per heavy atom. The Hall–Kier alpha value is -0.850. The summed E-state index contributed by atoms with van der Waals surface area (Å²) < 4.78 is 49.2. The van der Waals surface area contributed by atoms with Gasteiger partial charge in [-0.2, -0.15) is 13.2 Å². The number of nitrogens with zero attached hydrogens (tertiary/aromatic N) is 1. The summed E-state index contributed by atoms with van der Waals surface area (Å²) in [5.41, 5.74) is 2.38. The van der Waals surface area contributed by atoms with Crippen molar-refractivity contribution < 1.29 is 22.6 Å². The molecule has 120 valence electrons. The summed E-state index contributed by atoms with van der Waals surface area (Å²) in [6.07, 6.45) is 1.98. The average Bonchev–Trinajstić information content (AvgIpc) is 2.78. The Morgan fingerprint density at radius 2 is 2.05 bits per heavy atom. The van der Waals surface area contributed by atoms with Crippen molar-refractivity contribution in [2.24, 2.45) is 0 Å². The minimum absolute atomic E-state index is 0.131. The number of hydrogen-bond donors (Lipinski definition) is 2. The van der Waals surface area contributed by atoms with Gasteiger partial charge in [0.2, 0.25) is 0 Å². The molecule has 0 aromatic heterocycles. The second kappa shape index (κ2) is 6.94. The van der Waals surface area contributed by atoms with Gasteiger partial charge in [0.15, 0.2) is 0 Å². The predicted molar refractivity (Wildman–Crippen MR) is 69.6 cm³/mol. The van der Waals surface area contributed by atoms with Crippen LogP contribution in [0.2, 0.25) is 0 Å². The van der Waals surface area contributed by atoms with Crippen LogP contribution in [0.25, 0.3) is 0 Å². The highest BCUT2D eigenvalue weighted by Gasteiger charge is 2.47. The van der Waals surface area contributed by atoms with Gasteiger partial charge < -0.3 is 9.47 Å². The van der Waals surface area contributed by atoms with Crippen LogP contribution in [-0.4, -0.2) is 49.6 Å². The summed E-state index contributed by atoms with van der Waals surface area (Å²) in [6, 6.07) is -1.57. The number of halogens is 3. The van der Waals surface area contributed by atoms with Crippen molar-refractivity contribution in [3.8, 4) is 12.3 Å². The number of hydrazine groups is 1. The summed E-state index contributed by atoms with van der Waals surface area (Å²) in [6.45, 7) is 0.200. The van der Waals surface area contributed by atoms with Gasteiger partial charge in [-0.25, -0.2) is 10.4 Å². The third-order valence-corrected chi connectivity index (χ3v) is 3.62. The first-order chi connectivity index (χ1) is 9.90. The molecule has 0 bridgehead atoms.